The summed E-state index contributed by atoms with van der Waals surface area (Å²) in [7, 11) is 0. The Labute approximate surface area is 134 Å². The van der Waals surface area contributed by atoms with Crippen molar-refractivity contribution >= 4 is 28.5 Å². The Balaban J connectivity index is 1.75. The number of aromatic nitrogens is 1. The Morgan fingerprint density at radius 3 is 2.68 bits per heavy atom. The average Bonchev–Trinajstić information content (AvgIpc) is 3.15. The van der Waals surface area contributed by atoms with Crippen molar-refractivity contribution in [3.05, 3.63) is 48.8 Å². The number of carbonyl (C=O) groups excluding carboxylic acids is 2. The van der Waals surface area contributed by atoms with Gasteiger partial charge in [-0.3, -0.25) is 9.59 Å². The largest absolute Gasteiger partial charge is 0.324 e. The minimum Gasteiger partial charge on any atom is -0.324 e. The molecule has 1 fully saturated rings. The van der Waals surface area contributed by atoms with Crippen molar-refractivity contribution in [1.82, 2.24) is 4.57 Å². The summed E-state index contributed by atoms with van der Waals surface area (Å²) in [5.74, 6) is 1.10. The van der Waals surface area contributed by atoms with Crippen molar-refractivity contribution in [3.8, 4) is 5.69 Å². The molecule has 0 spiro atoms. The van der Waals surface area contributed by atoms with Gasteiger partial charge in [0.2, 0.25) is 5.91 Å². The molecule has 1 aliphatic heterocycles. The predicted molar refractivity (Wildman–Crippen MR) is 89.4 cm³/mol. The van der Waals surface area contributed by atoms with Gasteiger partial charge in [0.25, 0.3) is 0 Å². The molecule has 0 bridgehead atoms. The molecular formula is C17H18N2O2S. The molecule has 0 radical (unpaired) electrons. The minimum atomic E-state index is 0.112. The molecule has 0 saturated carbocycles. The van der Waals surface area contributed by atoms with Gasteiger partial charge in [-0.25, -0.2) is 0 Å². The average molecular weight is 314 g/mol. The Bertz CT molecular complexity index is 682. The summed E-state index contributed by atoms with van der Waals surface area (Å²) < 4.78 is 2.02. The van der Waals surface area contributed by atoms with Crippen LogP contribution in [0.4, 0.5) is 5.69 Å². The smallest absolute Gasteiger partial charge is 0.227 e. The van der Waals surface area contributed by atoms with Gasteiger partial charge in [-0.15, -0.1) is 0 Å². The summed E-state index contributed by atoms with van der Waals surface area (Å²) in [4.78, 5) is 25.2. The molecule has 3 rings (SSSR count). The quantitative estimate of drug-likeness (QED) is 0.871. The fraction of sp³-hybridized carbons (Fsp3) is 0.294. The zero-order valence-corrected chi connectivity index (χ0v) is 13.3. The van der Waals surface area contributed by atoms with Crippen LogP contribution in [0.15, 0.2) is 48.8 Å². The lowest BCUT2D eigenvalue weighted by molar-refractivity contribution is -0.117. The zero-order chi connectivity index (χ0) is 15.5. The van der Waals surface area contributed by atoms with Crippen molar-refractivity contribution in [3.63, 3.8) is 0 Å². The van der Waals surface area contributed by atoms with Gasteiger partial charge >= 0.3 is 0 Å². The Kier molecular flexibility index (Phi) is 4.34. The number of thioether (sulfide) groups is 1. The second-order valence-corrected chi connectivity index (χ2v) is 6.68. The Hall–Kier alpha value is -2.01. The first kappa shape index (κ1) is 14.9. The van der Waals surface area contributed by atoms with E-state index >= 15 is 0 Å². The van der Waals surface area contributed by atoms with Crippen LogP contribution < -0.4 is 4.90 Å². The number of nitrogens with zero attached hydrogens (tertiary/aromatic N) is 2. The van der Waals surface area contributed by atoms with Crippen molar-refractivity contribution < 1.29 is 9.59 Å². The standard InChI is InChI=1S/C17H18N2O2S/c1-13(20)22-12-14-9-17(21)19(11-14)16-6-4-5-15(10-16)18-7-2-3-8-18/h2-8,10,14H,9,11-12H2,1H3. The van der Waals surface area contributed by atoms with E-state index in [1.165, 1.54) is 11.8 Å². The topological polar surface area (TPSA) is 42.3 Å². The molecule has 1 atom stereocenters. The second-order valence-electron chi connectivity index (χ2n) is 5.49. The number of rotatable bonds is 4. The number of carbonyl (C=O) groups is 2. The minimum absolute atomic E-state index is 0.112. The van der Waals surface area contributed by atoms with Gasteiger partial charge in [0.05, 0.1) is 0 Å². The molecule has 1 aliphatic rings. The highest BCUT2D eigenvalue weighted by molar-refractivity contribution is 8.13. The molecule has 1 aromatic carbocycles. The number of benzene rings is 1. The summed E-state index contributed by atoms with van der Waals surface area (Å²) in [5, 5.41) is 0.112. The third kappa shape index (κ3) is 3.25. The lowest BCUT2D eigenvalue weighted by atomic mass is 10.1. The molecule has 2 heterocycles. The van der Waals surface area contributed by atoms with Crippen LogP contribution in [0, 0.1) is 5.92 Å². The van der Waals surface area contributed by atoms with Gasteiger partial charge in [0.1, 0.15) is 0 Å². The van der Waals surface area contributed by atoms with Crippen molar-refractivity contribution in [2.24, 2.45) is 5.92 Å². The first-order valence-corrected chi connectivity index (χ1v) is 8.29. The third-order valence-electron chi connectivity index (χ3n) is 3.77. The SMILES string of the molecule is CC(=O)SCC1CC(=O)N(c2cccc(-n3cccc3)c2)C1. The first-order valence-electron chi connectivity index (χ1n) is 7.30. The maximum absolute atomic E-state index is 12.3. The monoisotopic (exact) mass is 314 g/mol. The normalized spacial score (nSPS) is 18.0. The molecule has 1 aromatic heterocycles. The number of anilines is 1. The van der Waals surface area contributed by atoms with Crippen LogP contribution in [-0.4, -0.2) is 27.9 Å². The molecule has 22 heavy (non-hydrogen) atoms. The molecule has 114 valence electrons. The highest BCUT2D eigenvalue weighted by Gasteiger charge is 2.30. The van der Waals surface area contributed by atoms with Gasteiger partial charge in [0, 0.05) is 49.4 Å². The fourth-order valence-electron chi connectivity index (χ4n) is 2.71. The molecule has 4 nitrogen and oxygen atoms in total. The van der Waals surface area contributed by atoms with Crippen LogP contribution in [0.2, 0.25) is 0 Å². The van der Waals surface area contributed by atoms with E-state index in [9.17, 15) is 9.59 Å². The fourth-order valence-corrected chi connectivity index (χ4v) is 3.40. The maximum atomic E-state index is 12.3. The molecular weight excluding hydrogens is 296 g/mol. The molecule has 2 aromatic rings. The van der Waals surface area contributed by atoms with Gasteiger partial charge in [-0.2, -0.15) is 0 Å². The summed E-state index contributed by atoms with van der Waals surface area (Å²) >= 11 is 1.31. The Morgan fingerprint density at radius 1 is 1.23 bits per heavy atom. The summed E-state index contributed by atoms with van der Waals surface area (Å²) in [6, 6.07) is 11.9. The van der Waals surface area contributed by atoms with Gasteiger partial charge < -0.3 is 9.47 Å². The molecule has 0 aliphatic carbocycles. The van der Waals surface area contributed by atoms with E-state index in [-0.39, 0.29) is 16.9 Å². The molecule has 0 N–H and O–H groups in total. The predicted octanol–water partition coefficient (Wildman–Crippen LogP) is 3.11. The van der Waals surface area contributed by atoms with Crippen LogP contribution in [0.25, 0.3) is 5.69 Å². The molecule has 5 heteroatoms. The van der Waals surface area contributed by atoms with E-state index < -0.39 is 0 Å². The number of amides is 1. The number of hydrogen-bond acceptors (Lipinski definition) is 3. The zero-order valence-electron chi connectivity index (χ0n) is 12.4. The second kappa shape index (κ2) is 6.40. The third-order valence-corrected chi connectivity index (χ3v) is 4.82. The summed E-state index contributed by atoms with van der Waals surface area (Å²) in [6.07, 6.45) is 4.49. The van der Waals surface area contributed by atoms with Crippen LogP contribution in [0.1, 0.15) is 13.3 Å². The summed E-state index contributed by atoms with van der Waals surface area (Å²) in [6.45, 7) is 2.26. The van der Waals surface area contributed by atoms with Crippen molar-refractivity contribution in [2.45, 2.75) is 13.3 Å². The van der Waals surface area contributed by atoms with Crippen LogP contribution in [0.3, 0.4) is 0 Å². The maximum Gasteiger partial charge on any atom is 0.227 e. The van der Waals surface area contributed by atoms with E-state index in [0.717, 1.165) is 17.1 Å². The first-order chi connectivity index (χ1) is 10.6. The lowest BCUT2D eigenvalue weighted by Gasteiger charge is -2.18. The lowest BCUT2D eigenvalue weighted by Crippen LogP contribution is -2.24. The Morgan fingerprint density at radius 2 is 1.95 bits per heavy atom. The van der Waals surface area contributed by atoms with Crippen molar-refractivity contribution in [2.75, 3.05) is 17.2 Å². The molecule has 1 amide bonds. The van der Waals surface area contributed by atoms with E-state index in [4.69, 9.17) is 0 Å². The highest BCUT2D eigenvalue weighted by Crippen LogP contribution is 2.28. The van der Waals surface area contributed by atoms with Gasteiger partial charge in [-0.1, -0.05) is 17.8 Å². The highest BCUT2D eigenvalue weighted by atomic mass is 32.2. The van der Waals surface area contributed by atoms with E-state index in [0.29, 0.717) is 13.0 Å². The van der Waals surface area contributed by atoms with Crippen LogP contribution >= 0.6 is 11.8 Å². The molecule has 1 unspecified atom stereocenters. The van der Waals surface area contributed by atoms with Gasteiger partial charge in [-0.05, 0) is 36.2 Å². The van der Waals surface area contributed by atoms with E-state index in [1.54, 1.807) is 6.92 Å². The number of hydrogen-bond donors (Lipinski definition) is 0. The van der Waals surface area contributed by atoms with Gasteiger partial charge in [0.15, 0.2) is 5.12 Å². The van der Waals surface area contributed by atoms with E-state index in [2.05, 4.69) is 0 Å². The van der Waals surface area contributed by atoms with Crippen LogP contribution in [0.5, 0.6) is 0 Å². The summed E-state index contributed by atoms with van der Waals surface area (Å²) in [5.41, 5.74) is 1.96. The van der Waals surface area contributed by atoms with Crippen molar-refractivity contribution in [1.29, 1.82) is 0 Å². The van der Waals surface area contributed by atoms with Crippen LogP contribution in [-0.2, 0) is 9.59 Å². The van der Waals surface area contributed by atoms with E-state index in [1.807, 2.05) is 58.3 Å². The molecule has 1 saturated heterocycles.